The molecule has 1 saturated carbocycles. The van der Waals surface area contributed by atoms with Crippen molar-refractivity contribution in [2.45, 2.75) is 44.2 Å². The van der Waals surface area contributed by atoms with Crippen molar-refractivity contribution in [1.29, 1.82) is 0 Å². The van der Waals surface area contributed by atoms with E-state index in [1.54, 1.807) is 18.1 Å². The summed E-state index contributed by atoms with van der Waals surface area (Å²) in [4.78, 5) is 71.5. The lowest BCUT2D eigenvalue weighted by atomic mass is 9.91. The van der Waals surface area contributed by atoms with E-state index in [4.69, 9.17) is 4.74 Å². The van der Waals surface area contributed by atoms with Crippen LogP contribution in [0.4, 0.5) is 0 Å². The number of aromatic amines is 1. The number of H-pyrrole nitrogens is 1. The number of nitrogens with one attached hydrogen (secondary N) is 3. The molecule has 2 aromatic rings. The number of amides is 4. The van der Waals surface area contributed by atoms with Gasteiger partial charge in [0.15, 0.2) is 0 Å². The highest BCUT2D eigenvalue weighted by Gasteiger charge is 2.50. The Morgan fingerprint density at radius 2 is 1.97 bits per heavy atom. The number of carbonyl (C=O) groups excluding carboxylic acids is 5. The molecule has 0 unspecified atom stereocenters. The molecule has 11 nitrogen and oxygen atoms in total. The van der Waals surface area contributed by atoms with Gasteiger partial charge in [0.05, 0.1) is 13.2 Å². The van der Waals surface area contributed by atoms with E-state index in [9.17, 15) is 24.0 Å². The molecule has 1 aromatic heterocycles. The SMILES string of the molecule is COc1cccc2[nH]c(C(=O)N3C[C@@H]4CCC[C@@H]4[C@H]3C(=O)N[C@@H](C[C@@H]3CCNC3=O)C(=O)C(=O)N(C)C)cc12. The zero-order valence-corrected chi connectivity index (χ0v) is 22.5. The quantitative estimate of drug-likeness (QED) is 0.431. The maximum atomic E-state index is 13.9. The third-order valence-electron chi connectivity index (χ3n) is 8.43. The fourth-order valence-corrected chi connectivity index (χ4v) is 6.44. The fraction of sp³-hybridized carbons (Fsp3) is 0.536. The number of likely N-dealkylation sites (N-methyl/N-ethyl adjacent to an activating group) is 1. The lowest BCUT2D eigenvalue weighted by Gasteiger charge is -2.29. The maximum absolute atomic E-state index is 13.9. The summed E-state index contributed by atoms with van der Waals surface area (Å²) >= 11 is 0. The minimum absolute atomic E-state index is 0.0343. The van der Waals surface area contributed by atoms with Gasteiger partial charge in [-0.1, -0.05) is 12.5 Å². The number of nitrogens with zero attached hydrogens (tertiary/aromatic N) is 2. The molecule has 3 fully saturated rings. The largest absolute Gasteiger partial charge is 0.496 e. The molecule has 2 saturated heterocycles. The Kier molecular flexibility index (Phi) is 7.33. The first-order valence-corrected chi connectivity index (χ1v) is 13.5. The van der Waals surface area contributed by atoms with Crippen LogP contribution >= 0.6 is 0 Å². The summed E-state index contributed by atoms with van der Waals surface area (Å²) in [6.07, 6.45) is 3.24. The monoisotopic (exact) mass is 537 g/mol. The Labute approximate surface area is 226 Å². The summed E-state index contributed by atoms with van der Waals surface area (Å²) < 4.78 is 5.43. The van der Waals surface area contributed by atoms with Gasteiger partial charge in [-0.15, -0.1) is 0 Å². The van der Waals surface area contributed by atoms with Crippen LogP contribution in [-0.2, 0) is 19.2 Å². The van der Waals surface area contributed by atoms with E-state index < -0.39 is 35.6 Å². The van der Waals surface area contributed by atoms with Gasteiger partial charge in [0.1, 0.15) is 17.5 Å². The average molecular weight is 538 g/mol. The van der Waals surface area contributed by atoms with Crippen LogP contribution in [0.15, 0.2) is 24.3 Å². The molecule has 39 heavy (non-hydrogen) atoms. The van der Waals surface area contributed by atoms with Gasteiger partial charge in [0.25, 0.3) is 11.8 Å². The van der Waals surface area contributed by atoms with Crippen LogP contribution in [0.5, 0.6) is 5.75 Å². The Bertz CT molecular complexity index is 1320. The Balaban J connectivity index is 1.41. The highest BCUT2D eigenvalue weighted by Crippen LogP contribution is 2.43. The number of hydrogen-bond acceptors (Lipinski definition) is 6. The molecule has 5 rings (SSSR count). The van der Waals surface area contributed by atoms with E-state index in [1.807, 2.05) is 18.2 Å². The zero-order chi connectivity index (χ0) is 27.8. The smallest absolute Gasteiger partial charge is 0.291 e. The second-order valence-electron chi connectivity index (χ2n) is 11.0. The minimum atomic E-state index is -1.16. The van der Waals surface area contributed by atoms with Crippen molar-refractivity contribution in [3.05, 3.63) is 30.0 Å². The second-order valence-corrected chi connectivity index (χ2v) is 11.0. The van der Waals surface area contributed by atoms with Crippen molar-refractivity contribution in [2.75, 3.05) is 34.3 Å². The van der Waals surface area contributed by atoms with Crippen LogP contribution in [0.1, 0.15) is 42.6 Å². The third-order valence-corrected chi connectivity index (χ3v) is 8.43. The first-order chi connectivity index (χ1) is 18.7. The summed E-state index contributed by atoms with van der Waals surface area (Å²) in [5, 5.41) is 6.31. The molecule has 0 spiro atoms. The Morgan fingerprint density at radius 1 is 1.18 bits per heavy atom. The zero-order valence-electron chi connectivity index (χ0n) is 22.5. The number of methoxy groups -OCH3 is 1. The molecule has 3 N–H and O–H groups in total. The van der Waals surface area contributed by atoms with Crippen LogP contribution in [0, 0.1) is 17.8 Å². The topological polar surface area (TPSA) is 141 Å². The van der Waals surface area contributed by atoms with Gasteiger partial charge in [0.2, 0.25) is 17.6 Å². The molecule has 2 aliphatic heterocycles. The number of Topliss-reactive ketones (excluding diaryl/α,β-unsaturated/α-hetero) is 1. The van der Waals surface area contributed by atoms with Crippen molar-refractivity contribution < 1.29 is 28.7 Å². The Morgan fingerprint density at radius 3 is 2.67 bits per heavy atom. The van der Waals surface area contributed by atoms with Crippen molar-refractivity contribution in [3.63, 3.8) is 0 Å². The van der Waals surface area contributed by atoms with Gasteiger partial charge in [-0.3, -0.25) is 24.0 Å². The number of fused-ring (bicyclic) bond motifs is 2. The van der Waals surface area contributed by atoms with Crippen LogP contribution in [-0.4, -0.2) is 90.6 Å². The molecular formula is C28H35N5O6. The van der Waals surface area contributed by atoms with Gasteiger partial charge in [0, 0.05) is 44.0 Å². The van der Waals surface area contributed by atoms with Crippen LogP contribution < -0.4 is 15.4 Å². The van der Waals surface area contributed by atoms with Crippen LogP contribution in [0.3, 0.4) is 0 Å². The van der Waals surface area contributed by atoms with E-state index in [2.05, 4.69) is 15.6 Å². The molecule has 3 heterocycles. The van der Waals surface area contributed by atoms with Gasteiger partial charge >= 0.3 is 0 Å². The second kappa shape index (κ2) is 10.7. The molecule has 1 aliphatic carbocycles. The summed E-state index contributed by atoms with van der Waals surface area (Å²) in [5.74, 6) is -2.17. The number of ketones is 1. The highest BCUT2D eigenvalue weighted by atomic mass is 16.5. The molecule has 5 atom stereocenters. The van der Waals surface area contributed by atoms with E-state index in [0.717, 1.165) is 30.2 Å². The number of hydrogen-bond donors (Lipinski definition) is 3. The number of benzene rings is 1. The van der Waals surface area contributed by atoms with Crippen molar-refractivity contribution >= 4 is 40.3 Å². The standard InChI is InChI=1S/C28H35N5O6/c1-32(2)28(38)24(34)20(12-15-10-11-29-25(15)35)31-26(36)23-17-7-4-6-16(17)14-33(23)27(37)21-13-18-19(30-21)8-5-9-22(18)39-3/h5,8-9,13,15-17,20,23,30H,4,6-7,10-12,14H2,1-3H3,(H,29,35)(H,31,36)/t15-,16-,17-,20-,23-/m0/s1. The molecule has 11 heteroatoms. The van der Waals surface area contributed by atoms with E-state index >= 15 is 0 Å². The van der Waals surface area contributed by atoms with Gasteiger partial charge in [-0.05, 0) is 55.7 Å². The van der Waals surface area contributed by atoms with Gasteiger partial charge in [-0.25, -0.2) is 0 Å². The molecule has 0 radical (unpaired) electrons. The molecule has 1 aromatic carbocycles. The number of likely N-dealkylation sites (tertiary alicyclic amines) is 1. The first-order valence-electron chi connectivity index (χ1n) is 13.5. The van der Waals surface area contributed by atoms with Crippen molar-refractivity contribution in [2.24, 2.45) is 17.8 Å². The number of aromatic nitrogens is 1. The predicted octanol–water partition coefficient (Wildman–Crippen LogP) is 1.09. The molecule has 4 amide bonds. The number of carbonyl (C=O) groups is 5. The van der Waals surface area contributed by atoms with E-state index in [-0.39, 0.29) is 30.1 Å². The maximum Gasteiger partial charge on any atom is 0.291 e. The fourth-order valence-electron chi connectivity index (χ4n) is 6.44. The lowest BCUT2D eigenvalue weighted by Crippen LogP contribution is -2.55. The molecule has 3 aliphatic rings. The third kappa shape index (κ3) is 4.97. The molecular weight excluding hydrogens is 502 g/mol. The first kappa shape index (κ1) is 26.7. The summed E-state index contributed by atoms with van der Waals surface area (Å²) in [6.45, 7) is 0.929. The predicted molar refractivity (Wildman–Crippen MR) is 142 cm³/mol. The summed E-state index contributed by atoms with van der Waals surface area (Å²) in [7, 11) is 4.51. The van der Waals surface area contributed by atoms with Gasteiger partial charge < -0.3 is 30.2 Å². The van der Waals surface area contributed by atoms with E-state index in [1.165, 1.54) is 19.0 Å². The van der Waals surface area contributed by atoms with Crippen molar-refractivity contribution in [1.82, 2.24) is 25.4 Å². The van der Waals surface area contributed by atoms with Crippen molar-refractivity contribution in [3.8, 4) is 5.75 Å². The molecule has 0 bridgehead atoms. The number of ether oxygens (including phenoxy) is 1. The lowest BCUT2D eigenvalue weighted by molar-refractivity contribution is -0.145. The normalized spacial score (nSPS) is 24.8. The van der Waals surface area contributed by atoms with Gasteiger partial charge in [-0.2, -0.15) is 0 Å². The summed E-state index contributed by atoms with van der Waals surface area (Å²) in [5.41, 5.74) is 1.10. The van der Waals surface area contributed by atoms with E-state index in [0.29, 0.717) is 31.0 Å². The Hall–Kier alpha value is -3.89. The minimum Gasteiger partial charge on any atom is -0.496 e. The molecule has 208 valence electrons. The highest BCUT2D eigenvalue weighted by molar-refractivity contribution is 6.38. The summed E-state index contributed by atoms with van der Waals surface area (Å²) in [6, 6.07) is 5.31. The number of rotatable bonds is 8. The average Bonchev–Trinajstić information content (AvgIpc) is 3.70. The van der Waals surface area contributed by atoms with Crippen LogP contribution in [0.25, 0.3) is 10.9 Å². The van der Waals surface area contributed by atoms with Crippen LogP contribution in [0.2, 0.25) is 0 Å².